The number of aromatic nitrogens is 3. The molecule has 2 heterocycles. The molecule has 0 aliphatic heterocycles. The van der Waals surface area contributed by atoms with E-state index in [1.165, 1.54) is 6.33 Å². The first-order valence-corrected chi connectivity index (χ1v) is 7.63. The molecule has 3 rings (SSSR count). The number of anilines is 3. The van der Waals surface area contributed by atoms with Crippen molar-refractivity contribution in [1.29, 1.82) is 0 Å². The van der Waals surface area contributed by atoms with Crippen molar-refractivity contribution in [3.63, 3.8) is 0 Å². The van der Waals surface area contributed by atoms with E-state index in [-0.39, 0.29) is 0 Å². The fourth-order valence-corrected chi connectivity index (χ4v) is 2.40. The van der Waals surface area contributed by atoms with Crippen molar-refractivity contribution in [2.24, 2.45) is 0 Å². The van der Waals surface area contributed by atoms with Crippen molar-refractivity contribution in [1.82, 2.24) is 15.0 Å². The predicted octanol–water partition coefficient (Wildman–Crippen LogP) is 4.53. The smallest absolute Gasteiger partial charge is 0.135 e. The molecule has 23 heavy (non-hydrogen) atoms. The number of nitrogens with zero attached hydrogens (tertiary/aromatic N) is 3. The number of hydrogen-bond donors (Lipinski definition) is 2. The molecule has 2 N–H and O–H groups in total. The third kappa shape index (κ3) is 4.31. The summed E-state index contributed by atoms with van der Waals surface area (Å²) in [6.07, 6.45) is 5.00. The summed E-state index contributed by atoms with van der Waals surface area (Å²) >= 11 is 12.0. The third-order valence-electron chi connectivity index (χ3n) is 3.08. The fourth-order valence-electron chi connectivity index (χ4n) is 1.94. The van der Waals surface area contributed by atoms with E-state index in [4.69, 9.17) is 23.2 Å². The number of pyridine rings is 1. The van der Waals surface area contributed by atoms with E-state index < -0.39 is 0 Å². The van der Waals surface area contributed by atoms with Crippen molar-refractivity contribution in [3.05, 3.63) is 70.7 Å². The Balaban J connectivity index is 1.69. The Morgan fingerprint density at radius 3 is 2.48 bits per heavy atom. The van der Waals surface area contributed by atoms with Gasteiger partial charge in [0.25, 0.3) is 0 Å². The largest absolute Gasteiger partial charge is 0.366 e. The molecule has 2 aromatic heterocycles. The minimum Gasteiger partial charge on any atom is -0.366 e. The van der Waals surface area contributed by atoms with Crippen LogP contribution >= 0.6 is 23.2 Å². The summed E-state index contributed by atoms with van der Waals surface area (Å²) in [7, 11) is 0. The first kappa shape index (κ1) is 15.5. The summed E-state index contributed by atoms with van der Waals surface area (Å²) in [6.45, 7) is 0.653. The Hall–Kier alpha value is -2.37. The van der Waals surface area contributed by atoms with Crippen LogP contribution in [-0.2, 0) is 6.54 Å². The van der Waals surface area contributed by atoms with Gasteiger partial charge in [-0.1, -0.05) is 23.2 Å². The molecule has 0 unspecified atom stereocenters. The number of nitrogens with one attached hydrogen (secondary N) is 2. The molecule has 3 aromatic rings. The lowest BCUT2D eigenvalue weighted by molar-refractivity contribution is 1.07. The molecule has 5 nitrogen and oxygen atoms in total. The van der Waals surface area contributed by atoms with Gasteiger partial charge in [0, 0.05) is 30.0 Å². The van der Waals surface area contributed by atoms with Gasteiger partial charge in [0.15, 0.2) is 0 Å². The van der Waals surface area contributed by atoms with Crippen molar-refractivity contribution in [2.45, 2.75) is 6.54 Å². The van der Waals surface area contributed by atoms with Gasteiger partial charge in [-0.2, -0.15) is 0 Å². The zero-order chi connectivity index (χ0) is 16.1. The molecule has 0 radical (unpaired) electrons. The van der Waals surface area contributed by atoms with Crippen LogP contribution in [0.5, 0.6) is 0 Å². The summed E-state index contributed by atoms with van der Waals surface area (Å²) in [5.74, 6) is 1.35. The minimum absolute atomic E-state index is 0.530. The van der Waals surface area contributed by atoms with E-state index >= 15 is 0 Å². The Bertz CT molecular complexity index is 795. The molecule has 0 spiro atoms. The van der Waals surface area contributed by atoms with Crippen LogP contribution < -0.4 is 10.6 Å². The zero-order valence-corrected chi connectivity index (χ0v) is 13.5. The van der Waals surface area contributed by atoms with Crippen molar-refractivity contribution in [2.75, 3.05) is 10.6 Å². The molecule has 0 aliphatic carbocycles. The monoisotopic (exact) mass is 345 g/mol. The Kier molecular flexibility index (Phi) is 4.90. The number of hydrogen-bond acceptors (Lipinski definition) is 5. The van der Waals surface area contributed by atoms with E-state index in [2.05, 4.69) is 25.6 Å². The summed E-state index contributed by atoms with van der Waals surface area (Å²) in [4.78, 5) is 12.4. The molecular formula is C16H13Cl2N5. The lowest BCUT2D eigenvalue weighted by atomic mass is 10.3. The second-order valence-electron chi connectivity index (χ2n) is 4.75. The second kappa shape index (κ2) is 7.26. The standard InChI is InChI=1S/C16H13Cl2N5/c17-12-1-2-14(13(18)7-12)23-16-8-15(21-10-22-16)20-9-11-3-5-19-6-4-11/h1-8,10H,9H2,(H2,20,21,22,23). The Labute approximate surface area is 143 Å². The molecular weight excluding hydrogens is 333 g/mol. The van der Waals surface area contributed by atoms with Gasteiger partial charge in [0.1, 0.15) is 18.0 Å². The van der Waals surface area contributed by atoms with E-state index in [9.17, 15) is 0 Å². The van der Waals surface area contributed by atoms with Gasteiger partial charge in [-0.25, -0.2) is 9.97 Å². The molecule has 116 valence electrons. The summed E-state index contributed by atoms with van der Waals surface area (Å²) < 4.78 is 0. The van der Waals surface area contributed by atoms with Crippen molar-refractivity contribution >= 4 is 40.5 Å². The summed E-state index contributed by atoms with van der Waals surface area (Å²) in [6, 6.07) is 10.9. The van der Waals surface area contributed by atoms with Gasteiger partial charge < -0.3 is 10.6 Å². The first-order chi connectivity index (χ1) is 11.2. The minimum atomic E-state index is 0.530. The van der Waals surface area contributed by atoms with Crippen molar-refractivity contribution < 1.29 is 0 Å². The molecule has 0 bridgehead atoms. The maximum Gasteiger partial charge on any atom is 0.135 e. The molecule has 0 aliphatic rings. The van der Waals surface area contributed by atoms with Crippen LogP contribution in [0.15, 0.2) is 55.1 Å². The second-order valence-corrected chi connectivity index (χ2v) is 5.59. The molecule has 0 amide bonds. The van der Waals surface area contributed by atoms with Crippen LogP contribution in [-0.4, -0.2) is 15.0 Å². The van der Waals surface area contributed by atoms with Gasteiger partial charge in [-0.05, 0) is 35.9 Å². The summed E-state index contributed by atoms with van der Waals surface area (Å²) in [5.41, 5.74) is 1.85. The fraction of sp³-hybridized carbons (Fsp3) is 0.0625. The van der Waals surface area contributed by atoms with Crippen LogP contribution in [0.4, 0.5) is 17.3 Å². The van der Waals surface area contributed by atoms with Gasteiger partial charge in [-0.3, -0.25) is 4.98 Å². The number of benzene rings is 1. The average molecular weight is 346 g/mol. The zero-order valence-electron chi connectivity index (χ0n) is 12.0. The Morgan fingerprint density at radius 1 is 0.913 bits per heavy atom. The van der Waals surface area contributed by atoms with Crippen LogP contribution in [0.1, 0.15) is 5.56 Å². The topological polar surface area (TPSA) is 62.7 Å². The van der Waals surface area contributed by atoms with E-state index in [0.29, 0.717) is 28.2 Å². The van der Waals surface area contributed by atoms with E-state index in [1.54, 1.807) is 30.6 Å². The highest BCUT2D eigenvalue weighted by molar-refractivity contribution is 6.36. The molecule has 0 atom stereocenters. The molecule has 0 fully saturated rings. The third-order valence-corrected chi connectivity index (χ3v) is 3.63. The predicted molar refractivity (Wildman–Crippen MR) is 93.3 cm³/mol. The lowest BCUT2D eigenvalue weighted by Crippen LogP contribution is -2.03. The van der Waals surface area contributed by atoms with Crippen LogP contribution in [0.3, 0.4) is 0 Å². The number of halogens is 2. The van der Waals surface area contributed by atoms with Crippen LogP contribution in [0.2, 0.25) is 10.0 Å². The molecule has 0 saturated carbocycles. The highest BCUT2D eigenvalue weighted by Gasteiger charge is 2.04. The van der Waals surface area contributed by atoms with Crippen LogP contribution in [0, 0.1) is 0 Å². The highest BCUT2D eigenvalue weighted by Crippen LogP contribution is 2.27. The quantitative estimate of drug-likeness (QED) is 0.710. The molecule has 1 aromatic carbocycles. The van der Waals surface area contributed by atoms with Gasteiger partial charge >= 0.3 is 0 Å². The van der Waals surface area contributed by atoms with Gasteiger partial charge in [0.2, 0.25) is 0 Å². The normalized spacial score (nSPS) is 10.3. The maximum absolute atomic E-state index is 6.15. The van der Waals surface area contributed by atoms with E-state index in [0.717, 1.165) is 11.3 Å². The van der Waals surface area contributed by atoms with Gasteiger partial charge in [0.05, 0.1) is 10.7 Å². The SMILES string of the molecule is Clc1ccc(Nc2cc(NCc3ccncc3)ncn2)c(Cl)c1. The van der Waals surface area contributed by atoms with E-state index in [1.807, 2.05) is 18.2 Å². The maximum atomic E-state index is 6.15. The highest BCUT2D eigenvalue weighted by atomic mass is 35.5. The Morgan fingerprint density at radius 2 is 1.70 bits per heavy atom. The van der Waals surface area contributed by atoms with Gasteiger partial charge in [-0.15, -0.1) is 0 Å². The molecule has 0 saturated heterocycles. The first-order valence-electron chi connectivity index (χ1n) is 6.87. The summed E-state index contributed by atoms with van der Waals surface area (Å²) in [5, 5.41) is 7.50. The average Bonchev–Trinajstić information content (AvgIpc) is 2.57. The van der Waals surface area contributed by atoms with Crippen LogP contribution in [0.25, 0.3) is 0 Å². The van der Waals surface area contributed by atoms with Crippen molar-refractivity contribution in [3.8, 4) is 0 Å². The number of rotatable bonds is 5. The molecule has 7 heteroatoms. The lowest BCUT2D eigenvalue weighted by Gasteiger charge is -2.10.